The van der Waals surface area contributed by atoms with Crippen LogP contribution < -0.4 is 20.7 Å². The Hall–Kier alpha value is -2.08. The zero-order valence-corrected chi connectivity index (χ0v) is 13.4. The van der Waals surface area contributed by atoms with E-state index in [1.807, 2.05) is 18.2 Å². The van der Waals surface area contributed by atoms with Crippen LogP contribution in [0.4, 0.5) is 5.69 Å². The van der Waals surface area contributed by atoms with E-state index in [0.29, 0.717) is 18.0 Å². The fourth-order valence-electron chi connectivity index (χ4n) is 3.43. The van der Waals surface area contributed by atoms with E-state index in [-0.39, 0.29) is 23.9 Å². The van der Waals surface area contributed by atoms with Gasteiger partial charge in [0.1, 0.15) is 12.3 Å². The number of carbonyl (C=O) groups is 2. The summed E-state index contributed by atoms with van der Waals surface area (Å²) in [7, 11) is 0. The van der Waals surface area contributed by atoms with E-state index in [4.69, 9.17) is 10.5 Å². The van der Waals surface area contributed by atoms with Crippen molar-refractivity contribution in [3.05, 3.63) is 24.3 Å². The monoisotopic (exact) mass is 317 g/mol. The Morgan fingerprint density at radius 3 is 2.78 bits per heavy atom. The van der Waals surface area contributed by atoms with Gasteiger partial charge in [0.05, 0.1) is 11.2 Å². The number of nitrogens with one attached hydrogen (secondary N) is 1. The molecular weight excluding hydrogens is 294 g/mol. The summed E-state index contributed by atoms with van der Waals surface area (Å²) < 4.78 is 5.59. The maximum absolute atomic E-state index is 12.5. The number of para-hydroxylation sites is 2. The number of fused-ring (bicyclic) bond motifs is 1. The van der Waals surface area contributed by atoms with Gasteiger partial charge in [0, 0.05) is 6.54 Å². The highest BCUT2D eigenvalue weighted by Gasteiger charge is 2.36. The first-order valence-corrected chi connectivity index (χ1v) is 8.13. The van der Waals surface area contributed by atoms with E-state index in [0.717, 1.165) is 25.7 Å². The van der Waals surface area contributed by atoms with Crippen LogP contribution >= 0.6 is 0 Å². The summed E-state index contributed by atoms with van der Waals surface area (Å²) in [5.41, 5.74) is 6.19. The number of carbonyl (C=O) groups excluding carboxylic acids is 2. The summed E-state index contributed by atoms with van der Waals surface area (Å²) in [6.45, 7) is 2.12. The number of nitrogens with two attached hydrogens (primary N) is 1. The van der Waals surface area contributed by atoms with E-state index in [1.54, 1.807) is 13.0 Å². The second-order valence-electron chi connectivity index (χ2n) is 6.39. The van der Waals surface area contributed by atoms with Crippen LogP contribution in [0, 0.1) is 0 Å². The van der Waals surface area contributed by atoms with Crippen molar-refractivity contribution in [1.29, 1.82) is 0 Å². The van der Waals surface area contributed by atoms with Crippen molar-refractivity contribution >= 4 is 17.5 Å². The summed E-state index contributed by atoms with van der Waals surface area (Å²) in [4.78, 5) is 26.4. The molecule has 1 aliphatic heterocycles. The molecule has 2 amide bonds. The molecule has 1 unspecified atom stereocenters. The SMILES string of the molecule is CC1Oc2ccccc2N(CC(=O)NC2(CN)CCCC2)C1=O. The molecule has 1 saturated carbocycles. The van der Waals surface area contributed by atoms with Crippen molar-refractivity contribution in [2.24, 2.45) is 5.73 Å². The second kappa shape index (κ2) is 6.20. The van der Waals surface area contributed by atoms with Gasteiger partial charge in [-0.2, -0.15) is 0 Å². The third-order valence-electron chi connectivity index (χ3n) is 4.73. The lowest BCUT2D eigenvalue weighted by molar-refractivity contribution is -0.128. The summed E-state index contributed by atoms with van der Waals surface area (Å²) in [6.07, 6.45) is 3.37. The molecule has 0 bridgehead atoms. The molecule has 3 rings (SSSR count). The first-order chi connectivity index (χ1) is 11.0. The smallest absolute Gasteiger partial charge is 0.268 e. The lowest BCUT2D eigenvalue weighted by Gasteiger charge is -2.34. The molecule has 1 fully saturated rings. The van der Waals surface area contributed by atoms with Gasteiger partial charge in [0.2, 0.25) is 5.91 Å². The maximum Gasteiger partial charge on any atom is 0.268 e. The Bertz CT molecular complexity index is 611. The Labute approximate surface area is 136 Å². The van der Waals surface area contributed by atoms with E-state index in [9.17, 15) is 9.59 Å². The number of rotatable bonds is 4. The van der Waals surface area contributed by atoms with Gasteiger partial charge in [-0.25, -0.2) is 0 Å². The maximum atomic E-state index is 12.5. The highest BCUT2D eigenvalue weighted by atomic mass is 16.5. The van der Waals surface area contributed by atoms with Crippen molar-refractivity contribution in [3.8, 4) is 5.75 Å². The predicted molar refractivity (Wildman–Crippen MR) is 87.3 cm³/mol. The lowest BCUT2D eigenvalue weighted by Crippen LogP contribution is -2.56. The summed E-state index contributed by atoms with van der Waals surface area (Å²) >= 11 is 0. The van der Waals surface area contributed by atoms with E-state index in [1.165, 1.54) is 4.90 Å². The average molecular weight is 317 g/mol. The number of anilines is 1. The van der Waals surface area contributed by atoms with Crippen molar-refractivity contribution in [1.82, 2.24) is 5.32 Å². The highest BCUT2D eigenvalue weighted by Crippen LogP contribution is 2.33. The first kappa shape index (κ1) is 15.8. The zero-order valence-electron chi connectivity index (χ0n) is 13.4. The minimum atomic E-state index is -0.590. The molecule has 1 aliphatic carbocycles. The molecule has 6 nitrogen and oxygen atoms in total. The van der Waals surface area contributed by atoms with Crippen molar-refractivity contribution in [3.63, 3.8) is 0 Å². The topological polar surface area (TPSA) is 84.7 Å². The van der Waals surface area contributed by atoms with Gasteiger partial charge in [-0.15, -0.1) is 0 Å². The number of hydrogen-bond donors (Lipinski definition) is 2. The number of ether oxygens (including phenoxy) is 1. The predicted octanol–water partition coefficient (Wildman–Crippen LogP) is 1.19. The quantitative estimate of drug-likeness (QED) is 0.873. The summed E-state index contributed by atoms with van der Waals surface area (Å²) in [5, 5.41) is 3.06. The standard InChI is InChI=1S/C17H23N3O3/c1-12-16(22)20(13-6-2-3-7-14(13)23-12)10-15(21)19-17(11-18)8-4-5-9-17/h2-3,6-7,12H,4-5,8-11,18H2,1H3,(H,19,21). The van der Waals surface area contributed by atoms with Crippen LogP contribution in [0.5, 0.6) is 5.75 Å². The van der Waals surface area contributed by atoms with Crippen molar-refractivity contribution in [2.75, 3.05) is 18.0 Å². The van der Waals surface area contributed by atoms with Crippen molar-refractivity contribution in [2.45, 2.75) is 44.2 Å². The van der Waals surface area contributed by atoms with Crippen molar-refractivity contribution < 1.29 is 14.3 Å². The fourth-order valence-corrected chi connectivity index (χ4v) is 3.43. The second-order valence-corrected chi connectivity index (χ2v) is 6.39. The molecule has 0 aromatic heterocycles. The Balaban J connectivity index is 1.76. The van der Waals surface area contributed by atoms with Crippen LogP contribution in [0.25, 0.3) is 0 Å². The van der Waals surface area contributed by atoms with Crippen LogP contribution in [-0.4, -0.2) is 36.5 Å². The van der Waals surface area contributed by atoms with Crippen LogP contribution in [0.2, 0.25) is 0 Å². The largest absolute Gasteiger partial charge is 0.479 e. The summed E-state index contributed by atoms with van der Waals surface area (Å²) in [6, 6.07) is 7.28. The van der Waals surface area contributed by atoms with E-state index in [2.05, 4.69) is 5.32 Å². The summed E-state index contributed by atoms with van der Waals surface area (Å²) in [5.74, 6) is 0.253. The third-order valence-corrected chi connectivity index (χ3v) is 4.73. The Kier molecular flexibility index (Phi) is 4.26. The van der Waals surface area contributed by atoms with Gasteiger partial charge in [-0.05, 0) is 31.9 Å². The zero-order chi connectivity index (χ0) is 16.4. The molecular formula is C17H23N3O3. The van der Waals surface area contributed by atoms with E-state index >= 15 is 0 Å². The fraction of sp³-hybridized carbons (Fsp3) is 0.529. The molecule has 1 atom stereocenters. The van der Waals surface area contributed by atoms with Gasteiger partial charge in [0.15, 0.2) is 6.10 Å². The van der Waals surface area contributed by atoms with Gasteiger partial charge in [-0.1, -0.05) is 25.0 Å². The molecule has 1 aromatic rings. The molecule has 6 heteroatoms. The van der Waals surface area contributed by atoms with E-state index < -0.39 is 6.10 Å². The number of hydrogen-bond acceptors (Lipinski definition) is 4. The molecule has 3 N–H and O–H groups in total. The van der Waals surface area contributed by atoms with Crippen LogP contribution in [0.15, 0.2) is 24.3 Å². The third kappa shape index (κ3) is 3.03. The molecule has 1 heterocycles. The Morgan fingerprint density at radius 2 is 2.09 bits per heavy atom. The molecule has 0 spiro atoms. The average Bonchev–Trinajstić information content (AvgIpc) is 3.00. The minimum absolute atomic E-state index is 0.00863. The normalized spacial score (nSPS) is 22.4. The molecule has 23 heavy (non-hydrogen) atoms. The molecule has 0 radical (unpaired) electrons. The molecule has 124 valence electrons. The highest BCUT2D eigenvalue weighted by molar-refractivity contribution is 6.03. The van der Waals surface area contributed by atoms with Gasteiger partial charge >= 0.3 is 0 Å². The van der Waals surface area contributed by atoms with Crippen LogP contribution in [0.1, 0.15) is 32.6 Å². The molecule has 1 aromatic carbocycles. The first-order valence-electron chi connectivity index (χ1n) is 8.13. The van der Waals surface area contributed by atoms with Gasteiger partial charge in [0.25, 0.3) is 5.91 Å². The minimum Gasteiger partial charge on any atom is -0.479 e. The van der Waals surface area contributed by atoms with Gasteiger partial charge in [-0.3, -0.25) is 14.5 Å². The van der Waals surface area contributed by atoms with Crippen LogP contribution in [0.3, 0.4) is 0 Å². The number of amides is 2. The molecule has 0 saturated heterocycles. The molecule has 2 aliphatic rings. The number of nitrogens with zero attached hydrogens (tertiary/aromatic N) is 1. The van der Waals surface area contributed by atoms with Crippen LogP contribution in [-0.2, 0) is 9.59 Å². The van der Waals surface area contributed by atoms with Gasteiger partial charge < -0.3 is 15.8 Å². The Morgan fingerprint density at radius 1 is 1.39 bits per heavy atom. The lowest BCUT2D eigenvalue weighted by atomic mass is 9.98. The number of benzene rings is 1.